The molecule has 0 fully saturated rings. The van der Waals surface area contributed by atoms with Gasteiger partial charge in [0.2, 0.25) is 0 Å². The number of esters is 1. The zero-order chi connectivity index (χ0) is 16.3. The first-order valence-corrected chi connectivity index (χ1v) is 9.71. The molecule has 0 amide bonds. The number of hydrogen-bond donors (Lipinski definition) is 0. The van der Waals surface area contributed by atoms with Gasteiger partial charge in [0, 0.05) is 6.42 Å². The minimum Gasteiger partial charge on any atom is -0.449 e. The van der Waals surface area contributed by atoms with E-state index in [1.165, 1.54) is 70.6 Å². The summed E-state index contributed by atoms with van der Waals surface area (Å²) in [7, 11) is 0. The van der Waals surface area contributed by atoms with Gasteiger partial charge in [-0.3, -0.25) is 4.79 Å². The Labute approximate surface area is 142 Å². The zero-order valence-electron chi connectivity index (χ0n) is 14.5. The Balaban J connectivity index is 3.12. The first kappa shape index (κ1) is 21.5. The molecule has 22 heavy (non-hydrogen) atoms. The number of unbranched alkanes of at least 4 members (excludes halogenated alkanes) is 11. The van der Waals surface area contributed by atoms with Crippen molar-refractivity contribution in [1.29, 1.82) is 0 Å². The molecule has 0 radical (unpaired) electrons. The van der Waals surface area contributed by atoms with E-state index in [1.807, 2.05) is 0 Å². The second kappa shape index (κ2) is 18.5. The molecule has 0 aliphatic carbocycles. The van der Waals surface area contributed by atoms with E-state index < -0.39 is 0 Å². The van der Waals surface area contributed by atoms with E-state index in [1.54, 1.807) is 0 Å². The summed E-state index contributed by atoms with van der Waals surface area (Å²) in [5.74, 6) is -0.173. The van der Waals surface area contributed by atoms with Crippen molar-refractivity contribution in [2.75, 3.05) is 6.07 Å². The maximum absolute atomic E-state index is 11.1. The Morgan fingerprint density at radius 2 is 1.32 bits per heavy atom. The van der Waals surface area contributed by atoms with Crippen molar-refractivity contribution >= 4 is 17.6 Å². The van der Waals surface area contributed by atoms with Gasteiger partial charge in [0.1, 0.15) is 0 Å². The van der Waals surface area contributed by atoms with Gasteiger partial charge in [0.15, 0.2) is 6.07 Å². The summed E-state index contributed by atoms with van der Waals surface area (Å²) in [6.07, 6.45) is 21.7. The molecule has 3 heteroatoms. The number of halogens is 1. The Bertz CT molecular complexity index is 264. The van der Waals surface area contributed by atoms with E-state index in [-0.39, 0.29) is 12.0 Å². The second-order valence-corrected chi connectivity index (χ2v) is 6.18. The molecule has 0 saturated carbocycles. The highest BCUT2D eigenvalue weighted by molar-refractivity contribution is 6.17. The monoisotopic (exact) mass is 330 g/mol. The molecule has 0 saturated heterocycles. The van der Waals surface area contributed by atoms with Crippen LogP contribution in [0.5, 0.6) is 0 Å². The van der Waals surface area contributed by atoms with Crippen LogP contribution in [-0.4, -0.2) is 12.0 Å². The van der Waals surface area contributed by atoms with Crippen LogP contribution in [0.1, 0.15) is 96.8 Å². The number of ether oxygens (including phenoxy) is 1. The fourth-order valence-electron chi connectivity index (χ4n) is 2.47. The maximum Gasteiger partial charge on any atom is 0.306 e. The molecular weight excluding hydrogens is 296 g/mol. The zero-order valence-corrected chi connectivity index (χ0v) is 15.2. The van der Waals surface area contributed by atoms with Crippen molar-refractivity contribution in [3.8, 4) is 0 Å². The predicted molar refractivity (Wildman–Crippen MR) is 96.3 cm³/mol. The van der Waals surface area contributed by atoms with Gasteiger partial charge in [-0.15, -0.1) is 0 Å². The third kappa shape index (κ3) is 17.6. The molecule has 130 valence electrons. The van der Waals surface area contributed by atoms with Gasteiger partial charge in [-0.2, -0.15) is 0 Å². The molecule has 0 unspecified atom stereocenters. The summed E-state index contributed by atoms with van der Waals surface area (Å²) in [6, 6.07) is -0.0239. The van der Waals surface area contributed by atoms with Crippen molar-refractivity contribution in [3.05, 3.63) is 12.2 Å². The number of allylic oxidation sites excluding steroid dienone is 2. The normalized spacial score (nSPS) is 11.2. The van der Waals surface area contributed by atoms with Crippen molar-refractivity contribution in [2.45, 2.75) is 96.8 Å². The van der Waals surface area contributed by atoms with Crippen LogP contribution in [-0.2, 0) is 9.53 Å². The van der Waals surface area contributed by atoms with E-state index in [4.69, 9.17) is 11.6 Å². The number of rotatable bonds is 16. The Hall–Kier alpha value is -0.500. The summed E-state index contributed by atoms with van der Waals surface area (Å²) in [6.45, 7) is 2.26. The van der Waals surface area contributed by atoms with Crippen LogP contribution in [0.25, 0.3) is 0 Å². The van der Waals surface area contributed by atoms with Gasteiger partial charge in [-0.05, 0) is 32.1 Å². The molecule has 0 aromatic heterocycles. The highest BCUT2D eigenvalue weighted by Gasteiger charge is 2.00. The molecule has 0 bridgehead atoms. The molecule has 0 N–H and O–H groups in total. The summed E-state index contributed by atoms with van der Waals surface area (Å²) in [5.41, 5.74) is 0. The predicted octanol–water partition coefficient (Wildman–Crippen LogP) is 6.76. The van der Waals surface area contributed by atoms with Gasteiger partial charge in [0.25, 0.3) is 0 Å². The molecule has 0 aromatic carbocycles. The van der Waals surface area contributed by atoms with E-state index in [9.17, 15) is 4.79 Å². The van der Waals surface area contributed by atoms with Gasteiger partial charge in [-0.25, -0.2) is 0 Å². The Morgan fingerprint density at radius 1 is 0.818 bits per heavy atom. The molecule has 0 aromatic rings. The lowest BCUT2D eigenvalue weighted by Crippen LogP contribution is -2.01. The number of carbonyl (C=O) groups excluding carboxylic acids is 1. The van der Waals surface area contributed by atoms with Crippen molar-refractivity contribution < 1.29 is 9.53 Å². The fourth-order valence-corrected chi connectivity index (χ4v) is 2.59. The van der Waals surface area contributed by atoms with Crippen LogP contribution >= 0.6 is 11.6 Å². The molecule has 2 nitrogen and oxygen atoms in total. The minimum atomic E-state index is -0.173. The van der Waals surface area contributed by atoms with Crippen LogP contribution in [0.3, 0.4) is 0 Å². The molecule has 0 atom stereocenters. The Kier molecular flexibility index (Phi) is 18.1. The molecule has 0 spiro atoms. The van der Waals surface area contributed by atoms with Crippen LogP contribution in [0.2, 0.25) is 0 Å². The van der Waals surface area contributed by atoms with Crippen LogP contribution in [0.15, 0.2) is 12.2 Å². The lowest BCUT2D eigenvalue weighted by molar-refractivity contribution is -0.141. The molecule has 0 heterocycles. The van der Waals surface area contributed by atoms with Gasteiger partial charge >= 0.3 is 5.97 Å². The Morgan fingerprint density at radius 3 is 1.86 bits per heavy atom. The molecule has 0 aliphatic rings. The van der Waals surface area contributed by atoms with Gasteiger partial charge < -0.3 is 4.74 Å². The summed E-state index contributed by atoms with van der Waals surface area (Å²) in [5, 5.41) is 0. The first-order chi connectivity index (χ1) is 10.8. The van der Waals surface area contributed by atoms with E-state index >= 15 is 0 Å². The lowest BCUT2D eigenvalue weighted by atomic mass is 10.1. The summed E-state index contributed by atoms with van der Waals surface area (Å²) < 4.78 is 4.68. The van der Waals surface area contributed by atoms with E-state index in [2.05, 4.69) is 23.8 Å². The third-order valence-corrected chi connectivity index (χ3v) is 3.97. The standard InChI is InChI=1S/C19H35ClO2/c1-2-3-4-5-6-7-8-9-10-11-12-13-14-15-16-17-19(21)22-18-20/h9-10H,2-8,11-18H2,1H3/b10-9+. The second-order valence-electron chi connectivity index (χ2n) is 5.96. The van der Waals surface area contributed by atoms with Crippen LogP contribution in [0.4, 0.5) is 0 Å². The van der Waals surface area contributed by atoms with E-state index in [0.717, 1.165) is 12.8 Å². The molecule has 0 aliphatic heterocycles. The first-order valence-electron chi connectivity index (χ1n) is 9.17. The summed E-state index contributed by atoms with van der Waals surface area (Å²) in [4.78, 5) is 11.1. The third-order valence-electron chi connectivity index (χ3n) is 3.86. The fraction of sp³-hybridized carbons (Fsp3) is 0.842. The quantitative estimate of drug-likeness (QED) is 0.135. The van der Waals surface area contributed by atoms with Crippen molar-refractivity contribution in [1.82, 2.24) is 0 Å². The molecular formula is C19H35ClO2. The van der Waals surface area contributed by atoms with E-state index in [0.29, 0.717) is 6.42 Å². The van der Waals surface area contributed by atoms with Gasteiger partial charge in [0.05, 0.1) is 0 Å². The topological polar surface area (TPSA) is 26.3 Å². The smallest absolute Gasteiger partial charge is 0.306 e. The average Bonchev–Trinajstić information content (AvgIpc) is 2.51. The maximum atomic E-state index is 11.1. The number of alkyl halides is 1. The molecule has 0 rings (SSSR count). The summed E-state index contributed by atoms with van der Waals surface area (Å²) >= 11 is 5.32. The highest BCUT2D eigenvalue weighted by Crippen LogP contribution is 2.10. The highest BCUT2D eigenvalue weighted by atomic mass is 35.5. The minimum absolute atomic E-state index is 0.0239. The number of hydrogen-bond acceptors (Lipinski definition) is 2. The number of carbonyl (C=O) groups is 1. The van der Waals surface area contributed by atoms with Crippen LogP contribution < -0.4 is 0 Å². The lowest BCUT2D eigenvalue weighted by Gasteiger charge is -2.01. The van der Waals surface area contributed by atoms with Gasteiger partial charge in [-0.1, -0.05) is 82.0 Å². The van der Waals surface area contributed by atoms with Crippen molar-refractivity contribution in [2.24, 2.45) is 0 Å². The SMILES string of the molecule is CCCCCCCC/C=C/CCCCCCCC(=O)OCCl. The largest absolute Gasteiger partial charge is 0.449 e. The average molecular weight is 331 g/mol. The van der Waals surface area contributed by atoms with Crippen molar-refractivity contribution in [3.63, 3.8) is 0 Å². The van der Waals surface area contributed by atoms with Crippen LogP contribution in [0, 0.1) is 0 Å².